The minimum absolute atomic E-state index is 0.287. The van der Waals surface area contributed by atoms with Gasteiger partial charge in [-0.05, 0) is 12.1 Å². The second kappa shape index (κ2) is 6.03. The fraction of sp³-hybridized carbons (Fsp3) is 0. The first-order chi connectivity index (χ1) is 11.7. The van der Waals surface area contributed by atoms with Gasteiger partial charge in [0.1, 0.15) is 15.5 Å². The van der Waals surface area contributed by atoms with E-state index in [1.165, 1.54) is 17.5 Å². The minimum atomic E-state index is -0.287. The number of halogens is 1. The van der Waals surface area contributed by atoms with Crippen LogP contribution in [0.4, 0.5) is 5.13 Å². The molecule has 118 valence electrons. The quantitative estimate of drug-likeness (QED) is 0.544. The number of hydrogen-bond donors (Lipinski definition) is 2. The summed E-state index contributed by atoms with van der Waals surface area (Å²) in [6.07, 6.45) is 1.42. The predicted octanol–water partition coefficient (Wildman–Crippen LogP) is 3.99. The van der Waals surface area contributed by atoms with E-state index in [4.69, 9.17) is 11.6 Å². The molecule has 0 aliphatic heterocycles. The van der Waals surface area contributed by atoms with Crippen LogP contribution < -0.4 is 5.32 Å². The molecule has 0 spiro atoms. The molecule has 4 rings (SSSR count). The highest BCUT2D eigenvalue weighted by molar-refractivity contribution is 7.22. The first-order valence-corrected chi connectivity index (χ1v) is 8.23. The summed E-state index contributed by atoms with van der Waals surface area (Å²) in [6, 6.07) is 13.0. The number of nitrogens with one attached hydrogen (secondary N) is 2. The lowest BCUT2D eigenvalue weighted by atomic mass is 10.2. The molecule has 4 aromatic rings. The summed E-state index contributed by atoms with van der Waals surface area (Å²) in [5.74, 6) is -0.287. The fourth-order valence-corrected chi connectivity index (χ4v) is 3.27. The number of nitrogens with zero attached hydrogens (tertiary/aromatic N) is 3. The molecule has 0 saturated carbocycles. The molecule has 0 aliphatic carbocycles. The van der Waals surface area contributed by atoms with Gasteiger partial charge in [-0.25, -0.2) is 9.97 Å². The Morgan fingerprint density at radius 1 is 1.17 bits per heavy atom. The Morgan fingerprint density at radius 2 is 2.00 bits per heavy atom. The molecule has 2 N–H and O–H groups in total. The van der Waals surface area contributed by atoms with E-state index in [2.05, 4.69) is 25.5 Å². The second-order valence-electron chi connectivity index (χ2n) is 4.96. The number of carbonyl (C=O) groups excluding carboxylic acids is 1. The maximum atomic E-state index is 12.2. The Hall–Kier alpha value is -2.77. The van der Waals surface area contributed by atoms with Crippen LogP contribution in [0.2, 0.25) is 5.15 Å². The molecule has 0 aliphatic rings. The van der Waals surface area contributed by atoms with Crippen LogP contribution in [0.5, 0.6) is 0 Å². The van der Waals surface area contributed by atoms with Gasteiger partial charge in [0.2, 0.25) is 0 Å². The van der Waals surface area contributed by atoms with E-state index in [0.717, 1.165) is 16.0 Å². The van der Waals surface area contributed by atoms with Crippen LogP contribution >= 0.6 is 22.9 Å². The van der Waals surface area contributed by atoms with E-state index < -0.39 is 0 Å². The molecule has 0 bridgehead atoms. The third kappa shape index (κ3) is 2.75. The van der Waals surface area contributed by atoms with Gasteiger partial charge in [-0.1, -0.05) is 53.3 Å². The van der Waals surface area contributed by atoms with Crippen molar-refractivity contribution in [2.24, 2.45) is 0 Å². The van der Waals surface area contributed by atoms with Gasteiger partial charge in [0, 0.05) is 11.8 Å². The van der Waals surface area contributed by atoms with E-state index in [1.54, 1.807) is 12.1 Å². The molecule has 8 heteroatoms. The molecule has 0 fully saturated rings. The minimum Gasteiger partial charge on any atom is -0.298 e. The van der Waals surface area contributed by atoms with E-state index in [9.17, 15) is 4.79 Å². The average Bonchev–Trinajstić information content (AvgIpc) is 3.16. The number of aromatic nitrogens is 4. The first-order valence-electron chi connectivity index (χ1n) is 7.04. The average molecular weight is 356 g/mol. The molecule has 0 radical (unpaired) electrons. The molecule has 0 unspecified atom stereocenters. The molecular formula is C16H10ClN5OS. The largest absolute Gasteiger partial charge is 0.298 e. The lowest BCUT2D eigenvalue weighted by Crippen LogP contribution is -2.11. The second-order valence-corrected chi connectivity index (χ2v) is 6.35. The molecule has 24 heavy (non-hydrogen) atoms. The van der Waals surface area contributed by atoms with E-state index in [0.29, 0.717) is 21.5 Å². The SMILES string of the molecule is O=C(Nc1nc2[nH]nc(-c3ccccc3)c2s1)c1ccc(Cl)nc1. The van der Waals surface area contributed by atoms with Crippen LogP contribution in [0, 0.1) is 0 Å². The molecule has 0 saturated heterocycles. The third-order valence-electron chi connectivity index (χ3n) is 3.37. The van der Waals surface area contributed by atoms with Crippen molar-refractivity contribution in [3.8, 4) is 11.3 Å². The van der Waals surface area contributed by atoms with Crippen molar-refractivity contribution in [1.82, 2.24) is 20.2 Å². The molecule has 0 atom stereocenters. The predicted molar refractivity (Wildman–Crippen MR) is 94.4 cm³/mol. The fourth-order valence-electron chi connectivity index (χ4n) is 2.24. The zero-order valence-electron chi connectivity index (χ0n) is 12.2. The number of amides is 1. The van der Waals surface area contributed by atoms with Crippen LogP contribution in [0.25, 0.3) is 21.6 Å². The third-order valence-corrected chi connectivity index (χ3v) is 4.57. The van der Waals surface area contributed by atoms with Crippen molar-refractivity contribution >= 4 is 44.3 Å². The normalized spacial score (nSPS) is 10.9. The van der Waals surface area contributed by atoms with E-state index in [-0.39, 0.29) is 5.91 Å². The van der Waals surface area contributed by atoms with Gasteiger partial charge in [-0.15, -0.1) is 0 Å². The first kappa shape index (κ1) is 14.8. The number of benzene rings is 1. The molecule has 6 nitrogen and oxygen atoms in total. The van der Waals surface area contributed by atoms with Gasteiger partial charge < -0.3 is 0 Å². The van der Waals surface area contributed by atoms with Gasteiger partial charge in [0.15, 0.2) is 10.8 Å². The number of hydrogen-bond acceptors (Lipinski definition) is 5. The maximum Gasteiger partial charge on any atom is 0.259 e. The molecule has 3 aromatic heterocycles. The van der Waals surface area contributed by atoms with E-state index in [1.807, 2.05) is 30.3 Å². The summed E-state index contributed by atoms with van der Waals surface area (Å²) in [5.41, 5.74) is 2.87. The highest BCUT2D eigenvalue weighted by Crippen LogP contribution is 2.33. The van der Waals surface area contributed by atoms with Crippen LogP contribution in [-0.4, -0.2) is 26.1 Å². The Balaban J connectivity index is 1.63. The maximum absolute atomic E-state index is 12.2. The number of fused-ring (bicyclic) bond motifs is 1. The number of carbonyl (C=O) groups is 1. The van der Waals surface area contributed by atoms with Crippen molar-refractivity contribution in [3.63, 3.8) is 0 Å². The van der Waals surface area contributed by atoms with Crippen LogP contribution in [0.15, 0.2) is 48.7 Å². The lowest BCUT2D eigenvalue weighted by molar-refractivity contribution is 0.102. The highest BCUT2D eigenvalue weighted by atomic mass is 35.5. The lowest BCUT2D eigenvalue weighted by Gasteiger charge is -2.00. The zero-order chi connectivity index (χ0) is 16.5. The van der Waals surface area contributed by atoms with Gasteiger partial charge in [-0.3, -0.25) is 15.2 Å². The van der Waals surface area contributed by atoms with Gasteiger partial charge >= 0.3 is 0 Å². The summed E-state index contributed by atoms with van der Waals surface area (Å²) in [7, 11) is 0. The highest BCUT2D eigenvalue weighted by Gasteiger charge is 2.15. The number of aromatic amines is 1. The summed E-state index contributed by atoms with van der Waals surface area (Å²) < 4.78 is 0.894. The monoisotopic (exact) mass is 355 g/mol. The zero-order valence-corrected chi connectivity index (χ0v) is 13.7. The van der Waals surface area contributed by atoms with Crippen LogP contribution in [0.3, 0.4) is 0 Å². The Labute approximate surface area is 145 Å². The van der Waals surface area contributed by atoms with Gasteiger partial charge in [0.25, 0.3) is 5.91 Å². The number of anilines is 1. The summed E-state index contributed by atoms with van der Waals surface area (Å²) >= 11 is 7.10. The topological polar surface area (TPSA) is 83.6 Å². The smallest absolute Gasteiger partial charge is 0.259 e. The van der Waals surface area contributed by atoms with Crippen LogP contribution in [-0.2, 0) is 0 Å². The van der Waals surface area contributed by atoms with Crippen molar-refractivity contribution in [2.45, 2.75) is 0 Å². The molecule has 1 aromatic carbocycles. The molecule has 3 heterocycles. The molecular weight excluding hydrogens is 346 g/mol. The Kier molecular flexibility index (Phi) is 3.72. The van der Waals surface area contributed by atoms with Gasteiger partial charge in [0.05, 0.1) is 5.56 Å². The van der Waals surface area contributed by atoms with Crippen molar-refractivity contribution in [3.05, 3.63) is 59.4 Å². The summed E-state index contributed by atoms with van der Waals surface area (Å²) in [5, 5.41) is 10.8. The Bertz CT molecular complexity index is 1010. The van der Waals surface area contributed by atoms with Crippen molar-refractivity contribution in [1.29, 1.82) is 0 Å². The van der Waals surface area contributed by atoms with Crippen LogP contribution in [0.1, 0.15) is 10.4 Å². The standard InChI is InChI=1S/C16H10ClN5OS/c17-11-7-6-10(8-18-11)15(23)20-16-19-14-13(24-16)12(21-22-14)9-4-2-1-3-5-9/h1-8H,(H2,19,20,21,22,23). The van der Waals surface area contributed by atoms with E-state index >= 15 is 0 Å². The number of rotatable bonds is 3. The Morgan fingerprint density at radius 3 is 2.75 bits per heavy atom. The number of H-pyrrole nitrogens is 1. The van der Waals surface area contributed by atoms with Crippen molar-refractivity contribution in [2.75, 3.05) is 5.32 Å². The van der Waals surface area contributed by atoms with Crippen molar-refractivity contribution < 1.29 is 4.79 Å². The van der Waals surface area contributed by atoms with Gasteiger partial charge in [-0.2, -0.15) is 5.10 Å². The number of pyridine rings is 1. The summed E-state index contributed by atoms with van der Waals surface area (Å²) in [6.45, 7) is 0. The number of thiazole rings is 1. The summed E-state index contributed by atoms with van der Waals surface area (Å²) in [4.78, 5) is 20.5. The molecule has 1 amide bonds.